The van der Waals surface area contributed by atoms with Crippen molar-refractivity contribution >= 4 is 51.1 Å². The van der Waals surface area contributed by atoms with Gasteiger partial charge in [0.15, 0.2) is 10.3 Å². The fourth-order valence-corrected chi connectivity index (χ4v) is 4.99. The van der Waals surface area contributed by atoms with Crippen molar-refractivity contribution < 1.29 is 19.1 Å². The monoisotopic (exact) mass is 496 g/mol. The van der Waals surface area contributed by atoms with Gasteiger partial charge in [0.05, 0.1) is 41.8 Å². The van der Waals surface area contributed by atoms with Crippen LogP contribution in [-0.4, -0.2) is 45.9 Å². The summed E-state index contributed by atoms with van der Waals surface area (Å²) in [7, 11) is 1.62. The van der Waals surface area contributed by atoms with Gasteiger partial charge < -0.3 is 19.4 Å². The second-order valence-corrected chi connectivity index (χ2v) is 8.97. The van der Waals surface area contributed by atoms with Crippen LogP contribution in [0.3, 0.4) is 0 Å². The lowest BCUT2D eigenvalue weighted by Crippen LogP contribution is -2.14. The third-order valence-corrected chi connectivity index (χ3v) is 6.74. The molecule has 0 aliphatic rings. The number of aryl methyl sites for hydroxylation is 1. The van der Waals surface area contributed by atoms with Crippen molar-refractivity contribution in [1.82, 2.24) is 14.5 Å². The van der Waals surface area contributed by atoms with E-state index in [-0.39, 0.29) is 17.6 Å². The van der Waals surface area contributed by atoms with Crippen LogP contribution in [0.4, 0.5) is 5.13 Å². The molecular weight excluding hydrogens is 472 g/mol. The minimum absolute atomic E-state index is 0.164. The number of hydrogen-bond acceptors (Lipinski definition) is 8. The maximum atomic E-state index is 12.6. The van der Waals surface area contributed by atoms with Crippen LogP contribution in [0, 0.1) is 0 Å². The first kappa shape index (κ1) is 23.8. The minimum Gasteiger partial charge on any atom is -0.497 e. The number of amides is 1. The zero-order valence-corrected chi connectivity index (χ0v) is 20.7. The number of thiazole rings is 1. The van der Waals surface area contributed by atoms with E-state index in [1.165, 1.54) is 23.1 Å². The summed E-state index contributed by atoms with van der Waals surface area (Å²) in [6, 6.07) is 12.9. The van der Waals surface area contributed by atoms with E-state index >= 15 is 0 Å². The Morgan fingerprint density at radius 1 is 1.12 bits per heavy atom. The molecule has 0 bridgehead atoms. The molecule has 0 saturated heterocycles. The number of methoxy groups -OCH3 is 1. The third kappa shape index (κ3) is 5.23. The predicted octanol–water partition coefficient (Wildman–Crippen LogP) is 5.10. The summed E-state index contributed by atoms with van der Waals surface area (Å²) in [6.07, 6.45) is 0. The largest absolute Gasteiger partial charge is 0.497 e. The zero-order chi connectivity index (χ0) is 24.1. The van der Waals surface area contributed by atoms with Gasteiger partial charge in [-0.3, -0.25) is 4.79 Å². The fourth-order valence-electron chi connectivity index (χ4n) is 3.38. The van der Waals surface area contributed by atoms with Crippen LogP contribution in [-0.2, 0) is 16.1 Å². The molecule has 0 aliphatic carbocycles. The van der Waals surface area contributed by atoms with Crippen molar-refractivity contribution in [2.24, 2.45) is 0 Å². The van der Waals surface area contributed by atoms with Gasteiger partial charge in [0, 0.05) is 17.5 Å². The second kappa shape index (κ2) is 10.7. The molecule has 4 rings (SSSR count). The van der Waals surface area contributed by atoms with Gasteiger partial charge in [-0.25, -0.2) is 14.8 Å². The molecule has 0 fully saturated rings. The Kier molecular flexibility index (Phi) is 7.49. The number of hydrogen-bond donors (Lipinski definition) is 1. The summed E-state index contributed by atoms with van der Waals surface area (Å²) in [6.45, 7) is 4.79. The number of ether oxygens (including phenoxy) is 2. The quantitative estimate of drug-likeness (QED) is 0.255. The predicted molar refractivity (Wildman–Crippen MR) is 135 cm³/mol. The highest BCUT2D eigenvalue weighted by atomic mass is 32.2. The number of anilines is 1. The van der Waals surface area contributed by atoms with Gasteiger partial charge in [-0.2, -0.15) is 0 Å². The number of nitrogens with one attached hydrogen (secondary N) is 1. The van der Waals surface area contributed by atoms with E-state index in [1.54, 1.807) is 26.2 Å². The Morgan fingerprint density at radius 2 is 1.91 bits per heavy atom. The molecule has 2 aromatic carbocycles. The van der Waals surface area contributed by atoms with Gasteiger partial charge in [0.25, 0.3) is 0 Å². The van der Waals surface area contributed by atoms with E-state index in [9.17, 15) is 9.59 Å². The number of rotatable bonds is 9. The van der Waals surface area contributed by atoms with Gasteiger partial charge in [0.2, 0.25) is 5.91 Å². The molecule has 0 radical (unpaired) electrons. The van der Waals surface area contributed by atoms with E-state index in [2.05, 4.69) is 15.3 Å². The molecule has 0 atom stereocenters. The first-order valence-electron chi connectivity index (χ1n) is 10.7. The summed E-state index contributed by atoms with van der Waals surface area (Å²) < 4.78 is 12.3. The number of imidazole rings is 1. The molecule has 0 spiro atoms. The molecule has 8 nitrogen and oxygen atoms in total. The van der Waals surface area contributed by atoms with E-state index < -0.39 is 0 Å². The van der Waals surface area contributed by atoms with Crippen LogP contribution in [0.2, 0.25) is 0 Å². The molecule has 176 valence electrons. The van der Waals surface area contributed by atoms with Gasteiger partial charge in [-0.15, -0.1) is 11.3 Å². The molecule has 1 amide bonds. The van der Waals surface area contributed by atoms with Crippen molar-refractivity contribution in [3.8, 4) is 17.0 Å². The van der Waals surface area contributed by atoms with E-state index in [4.69, 9.17) is 9.47 Å². The molecular formula is C24H24N4O4S2. The van der Waals surface area contributed by atoms with Gasteiger partial charge in [-0.05, 0) is 56.3 Å². The van der Waals surface area contributed by atoms with E-state index in [0.29, 0.717) is 34.5 Å². The molecule has 4 aromatic rings. The number of carbonyl (C=O) groups is 2. The summed E-state index contributed by atoms with van der Waals surface area (Å²) >= 11 is 2.72. The molecule has 2 heterocycles. The zero-order valence-electron chi connectivity index (χ0n) is 19.0. The summed E-state index contributed by atoms with van der Waals surface area (Å²) in [5, 5.41) is 6.02. The molecule has 0 saturated carbocycles. The van der Waals surface area contributed by atoms with E-state index in [0.717, 1.165) is 22.5 Å². The first-order valence-corrected chi connectivity index (χ1v) is 12.6. The summed E-state index contributed by atoms with van der Waals surface area (Å²) in [5.74, 6) is 0.426. The van der Waals surface area contributed by atoms with Crippen LogP contribution in [0.1, 0.15) is 24.2 Å². The van der Waals surface area contributed by atoms with Crippen LogP contribution < -0.4 is 10.1 Å². The lowest BCUT2D eigenvalue weighted by atomic mass is 10.2. The molecule has 10 heteroatoms. The van der Waals surface area contributed by atoms with Crippen LogP contribution in [0.15, 0.2) is 53.0 Å². The minimum atomic E-state index is -0.374. The topological polar surface area (TPSA) is 95.3 Å². The number of esters is 1. The number of nitrogens with zero attached hydrogens (tertiary/aromatic N) is 3. The van der Waals surface area contributed by atoms with Gasteiger partial charge in [-0.1, -0.05) is 11.8 Å². The Morgan fingerprint density at radius 3 is 2.62 bits per heavy atom. The van der Waals surface area contributed by atoms with Crippen molar-refractivity contribution in [2.45, 2.75) is 25.5 Å². The normalized spacial score (nSPS) is 10.9. The number of thioether (sulfide) groups is 1. The number of aromatic nitrogens is 3. The lowest BCUT2D eigenvalue weighted by molar-refractivity contribution is -0.113. The van der Waals surface area contributed by atoms with Gasteiger partial charge >= 0.3 is 5.97 Å². The Balaban J connectivity index is 1.42. The highest BCUT2D eigenvalue weighted by Gasteiger charge is 2.16. The van der Waals surface area contributed by atoms with Crippen molar-refractivity contribution in [1.29, 1.82) is 0 Å². The Hall–Kier alpha value is -3.37. The Labute approximate surface area is 205 Å². The van der Waals surface area contributed by atoms with Crippen molar-refractivity contribution in [3.63, 3.8) is 0 Å². The summed E-state index contributed by atoms with van der Waals surface area (Å²) in [5.41, 5.74) is 3.80. The van der Waals surface area contributed by atoms with Crippen LogP contribution >= 0.6 is 23.1 Å². The summed E-state index contributed by atoms with van der Waals surface area (Å²) in [4.78, 5) is 33.8. The first-order chi connectivity index (χ1) is 16.5. The second-order valence-electron chi connectivity index (χ2n) is 7.17. The van der Waals surface area contributed by atoms with Crippen LogP contribution in [0.25, 0.3) is 22.3 Å². The average Bonchev–Trinajstić information content (AvgIpc) is 3.46. The molecule has 0 aliphatic heterocycles. The average molecular weight is 497 g/mol. The highest BCUT2D eigenvalue weighted by molar-refractivity contribution is 7.99. The number of benzene rings is 2. The SMILES string of the molecule is CCOC(=O)c1ccc2c(c1)nc(SCC(=O)Nc1nc(-c3ccc(OC)cc3)cs1)n2CC. The van der Waals surface area contributed by atoms with Crippen molar-refractivity contribution in [3.05, 3.63) is 53.4 Å². The highest BCUT2D eigenvalue weighted by Crippen LogP contribution is 2.28. The maximum absolute atomic E-state index is 12.6. The fraction of sp³-hybridized carbons (Fsp3) is 0.250. The lowest BCUT2D eigenvalue weighted by Gasteiger charge is -2.06. The van der Waals surface area contributed by atoms with Crippen molar-refractivity contribution in [2.75, 3.05) is 24.8 Å². The maximum Gasteiger partial charge on any atom is 0.338 e. The van der Waals surface area contributed by atoms with Gasteiger partial charge in [0.1, 0.15) is 5.75 Å². The number of carbonyl (C=O) groups excluding carboxylic acids is 2. The molecule has 2 aromatic heterocycles. The molecule has 0 unspecified atom stereocenters. The Bertz CT molecular complexity index is 1310. The molecule has 1 N–H and O–H groups in total. The van der Waals surface area contributed by atoms with E-state index in [1.807, 2.05) is 47.2 Å². The smallest absolute Gasteiger partial charge is 0.338 e. The standard InChI is InChI=1S/C24H24N4O4S2/c1-4-28-20-11-8-16(22(30)32-5-2)12-18(20)26-24(28)34-14-21(29)27-23-25-19(13-33-23)15-6-9-17(31-3)10-7-15/h6-13H,4-5,14H2,1-3H3,(H,25,27,29). The molecule has 34 heavy (non-hydrogen) atoms. The van der Waals surface area contributed by atoms with Crippen LogP contribution in [0.5, 0.6) is 5.75 Å². The third-order valence-electron chi connectivity index (χ3n) is 5.01. The number of fused-ring (bicyclic) bond motifs is 1.